The second-order valence-corrected chi connectivity index (χ2v) is 2.72. The van der Waals surface area contributed by atoms with E-state index in [1.54, 1.807) is 13.3 Å². The summed E-state index contributed by atoms with van der Waals surface area (Å²) in [5.74, 6) is 0.882. The van der Waals surface area contributed by atoms with Crippen LogP contribution in [-0.4, -0.2) is 30.2 Å². The molecule has 0 amide bonds. The minimum atomic E-state index is 0.825. The minimum Gasteiger partial charge on any atom is -0.385 e. The number of ether oxygens (including phenoxy) is 1. The van der Waals surface area contributed by atoms with E-state index >= 15 is 0 Å². The summed E-state index contributed by atoms with van der Waals surface area (Å²) < 4.78 is 4.94. The van der Waals surface area contributed by atoms with E-state index < -0.39 is 0 Å². The van der Waals surface area contributed by atoms with Gasteiger partial charge in [0.05, 0.1) is 0 Å². The molecule has 1 N–H and O–H groups in total. The van der Waals surface area contributed by atoms with Gasteiger partial charge in [0.25, 0.3) is 0 Å². The number of anilines is 1. The lowest BCUT2D eigenvalue weighted by molar-refractivity contribution is 0.194. The Morgan fingerprint density at radius 1 is 1.46 bits per heavy atom. The summed E-state index contributed by atoms with van der Waals surface area (Å²) in [6.45, 7) is 1.76. The molecule has 0 saturated carbocycles. The molecule has 1 aromatic heterocycles. The van der Waals surface area contributed by atoms with Crippen LogP contribution in [0.15, 0.2) is 18.6 Å². The minimum absolute atomic E-state index is 0.825. The Hall–Kier alpha value is -1.16. The first kappa shape index (κ1) is 9.92. The molecular formula is C9H15N3O. The van der Waals surface area contributed by atoms with Gasteiger partial charge >= 0.3 is 0 Å². The van der Waals surface area contributed by atoms with Crippen LogP contribution in [0.4, 0.5) is 5.82 Å². The molecule has 0 spiro atoms. The molecule has 0 fully saturated rings. The van der Waals surface area contributed by atoms with Crippen molar-refractivity contribution in [1.29, 1.82) is 0 Å². The molecule has 0 unspecified atom stereocenters. The third-order valence-corrected chi connectivity index (χ3v) is 1.66. The first-order valence-corrected chi connectivity index (χ1v) is 4.42. The fraction of sp³-hybridized carbons (Fsp3) is 0.556. The molecule has 4 heteroatoms. The number of unbranched alkanes of at least 4 members (excludes halogenated alkanes) is 1. The maximum atomic E-state index is 4.94. The van der Waals surface area contributed by atoms with E-state index in [0.29, 0.717) is 0 Å². The van der Waals surface area contributed by atoms with Crippen molar-refractivity contribution in [2.75, 3.05) is 25.6 Å². The Labute approximate surface area is 78.4 Å². The summed E-state index contributed by atoms with van der Waals surface area (Å²) in [7, 11) is 1.72. The Bertz CT molecular complexity index is 215. The lowest BCUT2D eigenvalue weighted by Crippen LogP contribution is -2.04. The Morgan fingerprint density at radius 2 is 2.38 bits per heavy atom. The van der Waals surface area contributed by atoms with Gasteiger partial charge in [-0.15, -0.1) is 0 Å². The van der Waals surface area contributed by atoms with Crippen molar-refractivity contribution in [3.8, 4) is 0 Å². The van der Waals surface area contributed by atoms with Crippen LogP contribution in [-0.2, 0) is 4.74 Å². The second-order valence-electron chi connectivity index (χ2n) is 2.72. The standard InChI is InChI=1S/C9H15N3O/c1-13-7-3-2-5-11-9-4-6-10-8-12-9/h4,6,8H,2-3,5,7H2,1H3,(H,10,11,12). The van der Waals surface area contributed by atoms with Gasteiger partial charge in [0.2, 0.25) is 0 Å². The Morgan fingerprint density at radius 3 is 3.08 bits per heavy atom. The van der Waals surface area contributed by atoms with E-state index in [2.05, 4.69) is 15.3 Å². The van der Waals surface area contributed by atoms with Crippen molar-refractivity contribution < 1.29 is 4.74 Å². The third-order valence-electron chi connectivity index (χ3n) is 1.66. The van der Waals surface area contributed by atoms with Crippen LogP contribution in [0.5, 0.6) is 0 Å². The van der Waals surface area contributed by atoms with Crippen LogP contribution < -0.4 is 5.32 Å². The zero-order valence-electron chi connectivity index (χ0n) is 7.86. The molecule has 0 aliphatic carbocycles. The van der Waals surface area contributed by atoms with Gasteiger partial charge in [-0.2, -0.15) is 0 Å². The predicted molar refractivity (Wildman–Crippen MR) is 51.6 cm³/mol. The van der Waals surface area contributed by atoms with Gasteiger partial charge in [0.15, 0.2) is 0 Å². The fourth-order valence-electron chi connectivity index (χ4n) is 0.983. The van der Waals surface area contributed by atoms with Gasteiger partial charge in [-0.3, -0.25) is 0 Å². The Balaban J connectivity index is 2.07. The number of nitrogens with one attached hydrogen (secondary N) is 1. The number of rotatable bonds is 6. The summed E-state index contributed by atoms with van der Waals surface area (Å²) in [4.78, 5) is 7.88. The molecule has 1 heterocycles. The lowest BCUT2D eigenvalue weighted by Gasteiger charge is -2.03. The maximum Gasteiger partial charge on any atom is 0.129 e. The molecule has 0 aliphatic rings. The second kappa shape index (κ2) is 6.37. The topological polar surface area (TPSA) is 47.0 Å². The molecule has 1 aromatic rings. The predicted octanol–water partition coefficient (Wildman–Crippen LogP) is 1.32. The molecular weight excluding hydrogens is 166 g/mol. The Kier molecular flexibility index (Phi) is 4.86. The van der Waals surface area contributed by atoms with Crippen LogP contribution in [0, 0.1) is 0 Å². The van der Waals surface area contributed by atoms with Crippen LogP contribution in [0.1, 0.15) is 12.8 Å². The lowest BCUT2D eigenvalue weighted by atomic mass is 10.3. The molecule has 0 aromatic carbocycles. The first-order valence-electron chi connectivity index (χ1n) is 4.42. The highest BCUT2D eigenvalue weighted by atomic mass is 16.5. The van der Waals surface area contributed by atoms with Crippen molar-refractivity contribution in [1.82, 2.24) is 9.97 Å². The van der Waals surface area contributed by atoms with Gasteiger partial charge in [-0.1, -0.05) is 0 Å². The SMILES string of the molecule is COCCCCNc1ccncn1. The van der Waals surface area contributed by atoms with Gasteiger partial charge < -0.3 is 10.1 Å². The zero-order chi connectivity index (χ0) is 9.36. The summed E-state index contributed by atoms with van der Waals surface area (Å²) in [5, 5.41) is 3.20. The maximum absolute atomic E-state index is 4.94. The van der Waals surface area contributed by atoms with E-state index in [9.17, 15) is 0 Å². The van der Waals surface area contributed by atoms with E-state index in [4.69, 9.17) is 4.74 Å². The molecule has 13 heavy (non-hydrogen) atoms. The largest absolute Gasteiger partial charge is 0.385 e. The molecule has 4 nitrogen and oxygen atoms in total. The molecule has 0 aliphatic heterocycles. The molecule has 0 atom stereocenters. The monoisotopic (exact) mass is 181 g/mol. The van der Waals surface area contributed by atoms with Crippen LogP contribution in [0.2, 0.25) is 0 Å². The third kappa shape index (κ3) is 4.42. The summed E-state index contributed by atoms with van der Waals surface area (Å²) in [6.07, 6.45) is 5.44. The van der Waals surface area contributed by atoms with E-state index in [1.165, 1.54) is 6.33 Å². The van der Waals surface area contributed by atoms with E-state index in [1.807, 2.05) is 6.07 Å². The van der Waals surface area contributed by atoms with Crippen LogP contribution in [0.25, 0.3) is 0 Å². The first-order chi connectivity index (χ1) is 6.43. The highest BCUT2D eigenvalue weighted by Gasteiger charge is 1.90. The smallest absolute Gasteiger partial charge is 0.129 e. The van der Waals surface area contributed by atoms with Gasteiger partial charge in [0, 0.05) is 26.5 Å². The summed E-state index contributed by atoms with van der Waals surface area (Å²) in [5.41, 5.74) is 0. The molecule has 0 bridgehead atoms. The van der Waals surface area contributed by atoms with Crippen molar-refractivity contribution in [2.24, 2.45) is 0 Å². The van der Waals surface area contributed by atoms with Crippen molar-refractivity contribution >= 4 is 5.82 Å². The molecule has 0 radical (unpaired) electrons. The van der Waals surface area contributed by atoms with Crippen LogP contribution in [0.3, 0.4) is 0 Å². The van der Waals surface area contributed by atoms with Gasteiger partial charge in [-0.25, -0.2) is 9.97 Å². The number of hydrogen-bond acceptors (Lipinski definition) is 4. The van der Waals surface area contributed by atoms with Gasteiger partial charge in [0.1, 0.15) is 12.1 Å². The molecule has 72 valence electrons. The zero-order valence-corrected chi connectivity index (χ0v) is 7.86. The quantitative estimate of drug-likeness (QED) is 0.672. The summed E-state index contributed by atoms with van der Waals surface area (Å²) in [6, 6.07) is 1.86. The number of nitrogens with zero attached hydrogens (tertiary/aromatic N) is 2. The average molecular weight is 181 g/mol. The highest BCUT2D eigenvalue weighted by molar-refractivity contribution is 5.30. The van der Waals surface area contributed by atoms with E-state index in [-0.39, 0.29) is 0 Å². The molecule has 1 rings (SSSR count). The molecule has 0 saturated heterocycles. The average Bonchev–Trinajstić information content (AvgIpc) is 2.19. The van der Waals surface area contributed by atoms with Crippen molar-refractivity contribution in [3.63, 3.8) is 0 Å². The van der Waals surface area contributed by atoms with Crippen molar-refractivity contribution in [2.45, 2.75) is 12.8 Å². The van der Waals surface area contributed by atoms with Crippen LogP contribution >= 0.6 is 0 Å². The number of hydrogen-bond donors (Lipinski definition) is 1. The highest BCUT2D eigenvalue weighted by Crippen LogP contribution is 1.98. The van der Waals surface area contributed by atoms with Gasteiger partial charge in [-0.05, 0) is 18.9 Å². The van der Waals surface area contributed by atoms with E-state index in [0.717, 1.165) is 31.8 Å². The normalized spacial score (nSPS) is 9.92. The number of aromatic nitrogens is 2. The summed E-state index contributed by atoms with van der Waals surface area (Å²) >= 11 is 0. The number of methoxy groups -OCH3 is 1. The fourth-order valence-corrected chi connectivity index (χ4v) is 0.983. The van der Waals surface area contributed by atoms with Crippen molar-refractivity contribution in [3.05, 3.63) is 18.6 Å².